The van der Waals surface area contributed by atoms with Crippen LogP contribution in [0.1, 0.15) is 30.6 Å². The van der Waals surface area contributed by atoms with Crippen molar-refractivity contribution in [2.24, 2.45) is 5.73 Å². The van der Waals surface area contributed by atoms with Crippen LogP contribution in [0.15, 0.2) is 12.1 Å². The smallest absolute Gasteiger partial charge is 0.250 e. The fourth-order valence-electron chi connectivity index (χ4n) is 1.57. The van der Waals surface area contributed by atoms with Gasteiger partial charge in [-0.2, -0.15) is 0 Å². The summed E-state index contributed by atoms with van der Waals surface area (Å²) in [5, 5.41) is 0. The molecule has 5 heteroatoms. The van der Waals surface area contributed by atoms with Gasteiger partial charge in [0.2, 0.25) is 0 Å². The monoisotopic (exact) mass is 239 g/mol. The molecule has 0 heterocycles. The Morgan fingerprint density at radius 2 is 2.12 bits per heavy atom. The number of amides is 1. The second kappa shape index (κ2) is 5.03. The van der Waals surface area contributed by atoms with Crippen molar-refractivity contribution < 1.29 is 9.18 Å². The van der Waals surface area contributed by atoms with Gasteiger partial charge in [0.25, 0.3) is 5.91 Å². The number of hydrogen-bond acceptors (Lipinski definition) is 3. The predicted molar refractivity (Wildman–Crippen MR) is 67.5 cm³/mol. The van der Waals surface area contributed by atoms with Crippen LogP contribution in [0.25, 0.3) is 0 Å². The Labute approximate surface area is 100 Å². The second-order valence-corrected chi connectivity index (χ2v) is 4.12. The Balaban J connectivity index is 3.24. The molecule has 0 saturated carbocycles. The predicted octanol–water partition coefficient (Wildman–Crippen LogP) is 1.74. The topological polar surface area (TPSA) is 72.3 Å². The summed E-state index contributed by atoms with van der Waals surface area (Å²) < 4.78 is 13.8. The van der Waals surface area contributed by atoms with E-state index in [0.29, 0.717) is 5.69 Å². The van der Waals surface area contributed by atoms with E-state index in [9.17, 15) is 9.18 Å². The van der Waals surface area contributed by atoms with E-state index in [0.717, 1.165) is 12.5 Å². The highest BCUT2D eigenvalue weighted by Gasteiger charge is 2.17. The van der Waals surface area contributed by atoms with Crippen LogP contribution in [-0.4, -0.2) is 19.0 Å². The molecule has 0 bridgehead atoms. The molecule has 4 nitrogen and oxygen atoms in total. The number of rotatable bonds is 4. The zero-order chi connectivity index (χ0) is 13.2. The van der Waals surface area contributed by atoms with Crippen LogP contribution in [0, 0.1) is 5.82 Å². The largest absolute Gasteiger partial charge is 0.398 e. The molecule has 0 radical (unpaired) electrons. The lowest BCUT2D eigenvalue weighted by Crippen LogP contribution is -2.29. The average molecular weight is 239 g/mol. The first-order chi connectivity index (χ1) is 7.88. The summed E-state index contributed by atoms with van der Waals surface area (Å²) in [6.45, 7) is 3.98. The molecule has 0 spiro atoms. The number of anilines is 2. The minimum atomic E-state index is -0.652. The van der Waals surface area contributed by atoms with Gasteiger partial charge in [-0.15, -0.1) is 0 Å². The Kier molecular flexibility index (Phi) is 3.93. The molecule has 1 aromatic carbocycles. The number of carbonyl (C=O) groups excluding carboxylic acids is 1. The second-order valence-electron chi connectivity index (χ2n) is 4.12. The van der Waals surface area contributed by atoms with Crippen molar-refractivity contribution in [3.05, 3.63) is 23.5 Å². The Morgan fingerprint density at radius 3 is 2.59 bits per heavy atom. The van der Waals surface area contributed by atoms with Crippen LogP contribution in [0.3, 0.4) is 0 Å². The third kappa shape index (κ3) is 2.67. The number of benzene rings is 1. The SMILES string of the molecule is CCC(C)N(C)c1cc(C(N)=O)c(N)cc1F. The number of nitrogen functional groups attached to an aromatic ring is 1. The molecule has 0 aromatic heterocycles. The first kappa shape index (κ1) is 13.3. The van der Waals surface area contributed by atoms with E-state index in [4.69, 9.17) is 11.5 Å². The summed E-state index contributed by atoms with van der Waals surface area (Å²) in [6, 6.07) is 2.70. The molecule has 0 saturated heterocycles. The van der Waals surface area contributed by atoms with Crippen molar-refractivity contribution in [3.63, 3.8) is 0 Å². The third-order valence-electron chi connectivity index (χ3n) is 3.02. The highest BCUT2D eigenvalue weighted by atomic mass is 19.1. The number of hydrogen-bond donors (Lipinski definition) is 2. The normalized spacial score (nSPS) is 12.2. The number of primary amides is 1. The molecule has 17 heavy (non-hydrogen) atoms. The van der Waals surface area contributed by atoms with Gasteiger partial charge in [0.05, 0.1) is 11.3 Å². The Hall–Kier alpha value is -1.78. The molecule has 1 aromatic rings. The number of nitrogens with two attached hydrogens (primary N) is 2. The summed E-state index contributed by atoms with van der Waals surface area (Å²) >= 11 is 0. The standard InChI is InChI=1S/C12H18FN3O/c1-4-7(2)16(3)11-5-8(12(15)17)10(14)6-9(11)13/h5-7H,4,14H2,1-3H3,(H2,15,17). The van der Waals surface area contributed by atoms with E-state index in [1.54, 1.807) is 11.9 Å². The van der Waals surface area contributed by atoms with Crippen LogP contribution in [0.2, 0.25) is 0 Å². The van der Waals surface area contributed by atoms with Gasteiger partial charge >= 0.3 is 0 Å². The molecule has 0 fully saturated rings. The zero-order valence-corrected chi connectivity index (χ0v) is 10.3. The van der Waals surface area contributed by atoms with Crippen LogP contribution in [0.5, 0.6) is 0 Å². The van der Waals surface area contributed by atoms with Gasteiger partial charge in [0.15, 0.2) is 0 Å². The highest BCUT2D eigenvalue weighted by molar-refractivity contribution is 5.99. The summed E-state index contributed by atoms with van der Waals surface area (Å²) in [6.07, 6.45) is 0.867. The number of carbonyl (C=O) groups is 1. The molecule has 1 atom stereocenters. The lowest BCUT2D eigenvalue weighted by molar-refractivity contribution is 0.100. The van der Waals surface area contributed by atoms with Gasteiger partial charge < -0.3 is 16.4 Å². The van der Waals surface area contributed by atoms with Crippen molar-refractivity contribution in [3.8, 4) is 0 Å². The van der Waals surface area contributed by atoms with Crippen LogP contribution >= 0.6 is 0 Å². The molecular weight excluding hydrogens is 221 g/mol. The van der Waals surface area contributed by atoms with Gasteiger partial charge in [0.1, 0.15) is 5.82 Å². The fourth-order valence-corrected chi connectivity index (χ4v) is 1.57. The summed E-state index contributed by atoms with van der Waals surface area (Å²) in [5.41, 5.74) is 11.3. The van der Waals surface area contributed by atoms with Crippen LogP contribution in [-0.2, 0) is 0 Å². The van der Waals surface area contributed by atoms with E-state index in [-0.39, 0.29) is 17.3 Å². The van der Waals surface area contributed by atoms with E-state index in [1.165, 1.54) is 6.07 Å². The van der Waals surface area contributed by atoms with Crippen molar-refractivity contribution in [1.29, 1.82) is 0 Å². The molecule has 4 N–H and O–H groups in total. The molecule has 0 aliphatic rings. The maximum atomic E-state index is 13.8. The Bertz CT molecular complexity index is 434. The molecule has 1 unspecified atom stereocenters. The molecule has 94 valence electrons. The van der Waals surface area contributed by atoms with Crippen molar-refractivity contribution >= 4 is 17.3 Å². The van der Waals surface area contributed by atoms with Gasteiger partial charge in [-0.3, -0.25) is 4.79 Å². The van der Waals surface area contributed by atoms with E-state index in [1.807, 2.05) is 13.8 Å². The van der Waals surface area contributed by atoms with Crippen molar-refractivity contribution in [1.82, 2.24) is 0 Å². The summed E-state index contributed by atoms with van der Waals surface area (Å²) in [4.78, 5) is 12.9. The minimum absolute atomic E-state index is 0.0660. The first-order valence-corrected chi connectivity index (χ1v) is 5.50. The van der Waals surface area contributed by atoms with Crippen LogP contribution < -0.4 is 16.4 Å². The van der Waals surface area contributed by atoms with Gasteiger partial charge in [-0.25, -0.2) is 4.39 Å². The quantitative estimate of drug-likeness (QED) is 0.786. The lowest BCUT2D eigenvalue weighted by Gasteiger charge is -2.27. The maximum absolute atomic E-state index is 13.8. The highest BCUT2D eigenvalue weighted by Crippen LogP contribution is 2.26. The first-order valence-electron chi connectivity index (χ1n) is 5.50. The van der Waals surface area contributed by atoms with Crippen molar-refractivity contribution in [2.75, 3.05) is 17.7 Å². The van der Waals surface area contributed by atoms with Crippen LogP contribution in [0.4, 0.5) is 15.8 Å². The van der Waals surface area contributed by atoms with Crippen molar-refractivity contribution in [2.45, 2.75) is 26.3 Å². The lowest BCUT2D eigenvalue weighted by atomic mass is 10.1. The van der Waals surface area contributed by atoms with Gasteiger partial charge in [-0.05, 0) is 25.5 Å². The Morgan fingerprint density at radius 1 is 1.53 bits per heavy atom. The average Bonchev–Trinajstić information content (AvgIpc) is 2.26. The maximum Gasteiger partial charge on any atom is 0.250 e. The molecular formula is C12H18FN3O. The summed E-state index contributed by atoms with van der Waals surface area (Å²) in [5.74, 6) is -1.10. The molecule has 0 aliphatic carbocycles. The van der Waals surface area contributed by atoms with E-state index < -0.39 is 11.7 Å². The molecule has 1 rings (SSSR count). The van der Waals surface area contributed by atoms with Gasteiger partial charge in [0, 0.05) is 18.8 Å². The van der Waals surface area contributed by atoms with Gasteiger partial charge in [-0.1, -0.05) is 6.92 Å². The fraction of sp³-hybridized carbons (Fsp3) is 0.417. The zero-order valence-electron chi connectivity index (χ0n) is 10.3. The number of halogens is 1. The molecule has 1 amide bonds. The number of nitrogens with zero attached hydrogens (tertiary/aromatic N) is 1. The molecule has 0 aliphatic heterocycles. The van der Waals surface area contributed by atoms with E-state index >= 15 is 0 Å². The minimum Gasteiger partial charge on any atom is -0.398 e. The third-order valence-corrected chi connectivity index (χ3v) is 3.02. The van der Waals surface area contributed by atoms with E-state index in [2.05, 4.69) is 0 Å². The summed E-state index contributed by atoms with van der Waals surface area (Å²) in [7, 11) is 1.77.